The Balaban J connectivity index is 1.71. The Bertz CT molecular complexity index is 1260. The zero-order chi connectivity index (χ0) is 30.8. The van der Waals surface area contributed by atoms with Crippen molar-refractivity contribution in [1.29, 1.82) is 0 Å². The van der Waals surface area contributed by atoms with Crippen molar-refractivity contribution in [3.05, 3.63) is 35.4 Å². The van der Waals surface area contributed by atoms with Gasteiger partial charge in [0.25, 0.3) is 0 Å². The normalized spacial score (nSPS) is 13.3. The molecule has 0 atom stereocenters. The fraction of sp³-hybridized carbons (Fsp3) is 0.552. The zero-order valence-electron chi connectivity index (χ0n) is 25.5. The number of benzene rings is 1. The van der Waals surface area contributed by atoms with Crippen LogP contribution in [0.5, 0.6) is 0 Å². The second-order valence-corrected chi connectivity index (χ2v) is 12.9. The number of ether oxygens (including phenoxy) is 3. The lowest BCUT2D eigenvalue weighted by Crippen LogP contribution is -2.45. The minimum Gasteiger partial charge on any atom is -0.447 e. The predicted octanol–water partition coefficient (Wildman–Crippen LogP) is 5.77. The first-order chi connectivity index (χ1) is 18.8. The number of nitrogens with one attached hydrogen (secondary N) is 1. The van der Waals surface area contributed by atoms with Crippen molar-refractivity contribution in [1.82, 2.24) is 15.1 Å². The number of rotatable bonds is 5. The van der Waals surface area contributed by atoms with Gasteiger partial charge in [0.2, 0.25) is 0 Å². The number of aromatic nitrogens is 2. The van der Waals surface area contributed by atoms with Gasteiger partial charge in [0, 0.05) is 23.5 Å². The summed E-state index contributed by atoms with van der Waals surface area (Å²) in [6.45, 7) is 16.3. The molecular formula is C29H42N6O6. The van der Waals surface area contributed by atoms with E-state index in [-0.39, 0.29) is 24.4 Å². The van der Waals surface area contributed by atoms with E-state index >= 15 is 0 Å². The van der Waals surface area contributed by atoms with Gasteiger partial charge >= 0.3 is 18.3 Å². The summed E-state index contributed by atoms with van der Waals surface area (Å²) in [6, 6.07) is 7.69. The van der Waals surface area contributed by atoms with Gasteiger partial charge in [-0.1, -0.05) is 20.8 Å². The molecule has 0 unspecified atom stereocenters. The zero-order valence-corrected chi connectivity index (χ0v) is 25.5. The number of nitrogens with two attached hydrogens (primary N) is 1. The van der Waals surface area contributed by atoms with Crippen LogP contribution in [0.3, 0.4) is 0 Å². The van der Waals surface area contributed by atoms with Gasteiger partial charge in [-0.25, -0.2) is 19.3 Å². The minimum absolute atomic E-state index is 0.249. The van der Waals surface area contributed by atoms with E-state index in [9.17, 15) is 14.4 Å². The third-order valence-electron chi connectivity index (χ3n) is 5.86. The summed E-state index contributed by atoms with van der Waals surface area (Å²) in [7, 11) is 0. The lowest BCUT2D eigenvalue weighted by atomic mass is 9.87. The number of imide groups is 1. The van der Waals surface area contributed by atoms with Crippen molar-refractivity contribution in [2.45, 2.75) is 85.4 Å². The minimum atomic E-state index is -0.904. The van der Waals surface area contributed by atoms with Crippen molar-refractivity contribution in [3.8, 4) is 0 Å². The highest BCUT2D eigenvalue weighted by Gasteiger charge is 2.32. The lowest BCUT2D eigenvalue weighted by molar-refractivity contribution is -0.00189. The standard InChI is InChI=1S/C29H42N6O6/c1-27(2,3)20-17-22(34-13-12-18-16-19(30)10-11-21(18)34)32-33-23(20)31-24(36)39-15-14-35(25(37)40-28(4,5)6)26(38)41-29(7,8)9/h10-11,16-17H,12-15,30H2,1-9H3,(H,31,33,36). The Kier molecular flexibility index (Phi) is 9.04. The molecule has 0 aliphatic carbocycles. The smallest absolute Gasteiger partial charge is 0.419 e. The maximum absolute atomic E-state index is 12.7. The summed E-state index contributed by atoms with van der Waals surface area (Å²) < 4.78 is 15.9. The number of carbonyl (C=O) groups is 3. The van der Waals surface area contributed by atoms with E-state index in [0.717, 1.165) is 34.7 Å². The maximum Gasteiger partial charge on any atom is 0.419 e. The second-order valence-electron chi connectivity index (χ2n) is 12.9. The maximum atomic E-state index is 12.7. The van der Waals surface area contributed by atoms with E-state index in [1.807, 2.05) is 45.0 Å². The summed E-state index contributed by atoms with van der Waals surface area (Å²) >= 11 is 0. The molecule has 1 aliphatic rings. The number of hydrogen-bond acceptors (Lipinski definition) is 10. The molecule has 1 aromatic carbocycles. The van der Waals surface area contributed by atoms with Gasteiger partial charge in [0.1, 0.15) is 17.8 Å². The molecule has 1 aromatic heterocycles. The SMILES string of the molecule is CC(C)(C)OC(=O)N(CCOC(=O)Nc1nnc(N2CCc3cc(N)ccc32)cc1C(C)(C)C)C(=O)OC(C)(C)C. The molecule has 3 rings (SSSR count). The summed E-state index contributed by atoms with van der Waals surface area (Å²) in [5.41, 5.74) is 7.51. The molecule has 41 heavy (non-hydrogen) atoms. The van der Waals surface area contributed by atoms with Crippen molar-refractivity contribution in [2.24, 2.45) is 0 Å². The molecule has 2 heterocycles. The third kappa shape index (κ3) is 8.70. The summed E-state index contributed by atoms with van der Waals surface area (Å²) in [6.07, 6.45) is -1.78. The molecule has 3 amide bonds. The summed E-state index contributed by atoms with van der Waals surface area (Å²) in [4.78, 5) is 40.9. The van der Waals surface area contributed by atoms with E-state index in [0.29, 0.717) is 11.5 Å². The monoisotopic (exact) mass is 570 g/mol. The van der Waals surface area contributed by atoms with Crippen LogP contribution in [-0.4, -0.2) is 64.3 Å². The molecule has 0 fully saturated rings. The largest absolute Gasteiger partial charge is 0.447 e. The van der Waals surface area contributed by atoms with Crippen LogP contribution in [0, 0.1) is 0 Å². The number of carbonyl (C=O) groups excluding carboxylic acids is 3. The Morgan fingerprint density at radius 1 is 0.951 bits per heavy atom. The number of anilines is 4. The summed E-state index contributed by atoms with van der Waals surface area (Å²) in [5.74, 6) is 0.904. The third-order valence-corrected chi connectivity index (χ3v) is 5.86. The van der Waals surface area contributed by atoms with Gasteiger partial charge in [0.15, 0.2) is 11.6 Å². The lowest BCUT2D eigenvalue weighted by Gasteiger charge is -2.28. The summed E-state index contributed by atoms with van der Waals surface area (Å²) in [5, 5.41) is 11.3. The van der Waals surface area contributed by atoms with Crippen molar-refractivity contribution >= 4 is 41.3 Å². The first-order valence-corrected chi connectivity index (χ1v) is 13.6. The fourth-order valence-electron chi connectivity index (χ4n) is 4.09. The number of fused-ring (bicyclic) bond motifs is 1. The van der Waals surface area contributed by atoms with Crippen LogP contribution in [0.2, 0.25) is 0 Å². The van der Waals surface area contributed by atoms with E-state index in [1.54, 1.807) is 41.5 Å². The molecule has 0 saturated heterocycles. The number of hydrogen-bond donors (Lipinski definition) is 2. The van der Waals surface area contributed by atoms with Crippen molar-refractivity contribution in [3.63, 3.8) is 0 Å². The first-order valence-electron chi connectivity index (χ1n) is 13.6. The van der Waals surface area contributed by atoms with E-state index < -0.39 is 29.5 Å². The van der Waals surface area contributed by atoms with Gasteiger partial charge in [-0.05, 0) is 83.2 Å². The van der Waals surface area contributed by atoms with Gasteiger partial charge in [0.05, 0.1) is 6.54 Å². The molecule has 3 N–H and O–H groups in total. The molecule has 0 radical (unpaired) electrons. The van der Waals surface area contributed by atoms with Gasteiger partial charge < -0.3 is 24.8 Å². The Hall–Kier alpha value is -4.09. The highest BCUT2D eigenvalue weighted by Crippen LogP contribution is 2.37. The van der Waals surface area contributed by atoms with E-state index in [2.05, 4.69) is 20.4 Å². The van der Waals surface area contributed by atoms with Crippen LogP contribution >= 0.6 is 0 Å². The van der Waals surface area contributed by atoms with Crippen LogP contribution in [0.1, 0.15) is 73.4 Å². The number of nitrogens with zero attached hydrogens (tertiary/aromatic N) is 4. The average molecular weight is 571 g/mol. The van der Waals surface area contributed by atoms with Gasteiger partial charge in [-0.3, -0.25) is 5.32 Å². The van der Waals surface area contributed by atoms with Crippen LogP contribution in [0.25, 0.3) is 0 Å². The fourth-order valence-corrected chi connectivity index (χ4v) is 4.09. The Morgan fingerprint density at radius 3 is 2.12 bits per heavy atom. The molecular weight excluding hydrogens is 528 g/mol. The topological polar surface area (TPSA) is 149 Å². The molecule has 224 valence electrons. The molecule has 2 aromatic rings. The highest BCUT2D eigenvalue weighted by atomic mass is 16.6. The van der Waals surface area contributed by atoms with Crippen molar-refractivity contribution in [2.75, 3.05) is 35.6 Å². The Morgan fingerprint density at radius 2 is 1.56 bits per heavy atom. The molecule has 1 aliphatic heterocycles. The quantitative estimate of drug-likeness (QED) is 0.335. The van der Waals surface area contributed by atoms with Crippen LogP contribution < -0.4 is 16.0 Å². The Labute approximate surface area is 241 Å². The van der Waals surface area contributed by atoms with Crippen LogP contribution in [0.15, 0.2) is 24.3 Å². The molecule has 0 bridgehead atoms. The molecule has 0 saturated carbocycles. The van der Waals surface area contributed by atoms with E-state index in [1.165, 1.54) is 0 Å². The first kappa shape index (κ1) is 31.4. The van der Waals surface area contributed by atoms with Crippen LogP contribution in [0.4, 0.5) is 37.4 Å². The molecule has 0 spiro atoms. The van der Waals surface area contributed by atoms with Gasteiger partial charge in [-0.2, -0.15) is 0 Å². The van der Waals surface area contributed by atoms with Crippen molar-refractivity contribution < 1.29 is 28.6 Å². The molecule has 12 heteroatoms. The average Bonchev–Trinajstić information content (AvgIpc) is 3.22. The highest BCUT2D eigenvalue weighted by molar-refractivity contribution is 5.88. The predicted molar refractivity (Wildman–Crippen MR) is 156 cm³/mol. The molecule has 12 nitrogen and oxygen atoms in total. The number of nitrogen functional groups attached to an aromatic ring is 1. The van der Waals surface area contributed by atoms with Gasteiger partial charge in [-0.15, -0.1) is 10.2 Å². The number of amides is 3. The van der Waals surface area contributed by atoms with E-state index in [4.69, 9.17) is 19.9 Å². The second kappa shape index (κ2) is 11.8. The van der Waals surface area contributed by atoms with Crippen LogP contribution in [-0.2, 0) is 26.0 Å².